The van der Waals surface area contributed by atoms with E-state index in [1.165, 1.54) is 0 Å². The molecule has 0 unspecified atom stereocenters. The zero-order valence-corrected chi connectivity index (χ0v) is 28.2. The van der Waals surface area contributed by atoms with Crippen LogP contribution in [-0.4, -0.2) is 72.0 Å². The van der Waals surface area contributed by atoms with Gasteiger partial charge in [-0.15, -0.1) is 0 Å². The molecule has 1 aromatic carbocycles. The van der Waals surface area contributed by atoms with Gasteiger partial charge in [0.1, 0.15) is 23.0 Å². The van der Waals surface area contributed by atoms with Gasteiger partial charge in [0.05, 0.1) is 41.1 Å². The second kappa shape index (κ2) is 12.8. The predicted octanol–water partition coefficient (Wildman–Crippen LogP) is 5.73. The number of aliphatic imine (C=N–C) groups is 2. The van der Waals surface area contributed by atoms with E-state index < -0.39 is 10.0 Å². The van der Waals surface area contributed by atoms with Crippen molar-refractivity contribution in [1.29, 1.82) is 0 Å². The second-order valence-corrected chi connectivity index (χ2v) is 13.1. The summed E-state index contributed by atoms with van der Waals surface area (Å²) >= 11 is 3.50. The first-order valence-electron chi connectivity index (χ1n) is 14.0. The average molecular weight is 697 g/mol. The van der Waals surface area contributed by atoms with Crippen LogP contribution < -0.4 is 25.0 Å². The fourth-order valence-corrected chi connectivity index (χ4v) is 5.96. The molecule has 16 heteroatoms. The van der Waals surface area contributed by atoms with Gasteiger partial charge in [0.2, 0.25) is 21.9 Å². The summed E-state index contributed by atoms with van der Waals surface area (Å²) in [5.41, 5.74) is 4.89. The number of aryl methyl sites for hydroxylation is 1. The van der Waals surface area contributed by atoms with Gasteiger partial charge in [0, 0.05) is 55.3 Å². The van der Waals surface area contributed by atoms with E-state index in [9.17, 15) is 8.42 Å². The van der Waals surface area contributed by atoms with Crippen LogP contribution in [0, 0.1) is 0 Å². The molecule has 0 radical (unpaired) electrons. The number of pyridine rings is 1. The highest BCUT2D eigenvalue weighted by molar-refractivity contribution is 9.10. The average Bonchev–Trinajstić information content (AvgIpc) is 3.27. The quantitative estimate of drug-likeness (QED) is 0.175. The molecule has 0 amide bonds. The SMILES string of the molecule is C=Nc1ccc(Nc2nc(Nc3cc4c(nc3OC)N(C(C)C)CCc3c-4cnn3C)ncc2Br)c(NS(C)(=O)=O)c1/N=C\C. The third kappa shape index (κ3) is 6.61. The standard InChI is InChI=1S/C29H34BrN11O3S/c1-8-32-24-20(31-4)9-10-21(25(24)39-45(7,42)43)35-26-19(30)15-33-29(37-26)36-22-13-17-18-14-34-40(5)23(18)11-12-41(16(2)3)27(17)38-28(22)44-6/h8-10,13-16,39H,4,11-12H2,1-3,5-7H3,(H2,33,35,36,37)/b32-8-. The first-order valence-corrected chi connectivity index (χ1v) is 16.7. The third-order valence-electron chi connectivity index (χ3n) is 7.11. The molecule has 236 valence electrons. The van der Waals surface area contributed by atoms with Gasteiger partial charge in [0.25, 0.3) is 0 Å². The zero-order valence-electron chi connectivity index (χ0n) is 25.8. The lowest BCUT2D eigenvalue weighted by Crippen LogP contribution is -2.33. The molecule has 0 fully saturated rings. The number of aromatic nitrogens is 5. The van der Waals surface area contributed by atoms with E-state index in [0.717, 1.165) is 41.9 Å². The van der Waals surface area contributed by atoms with Crippen molar-refractivity contribution in [1.82, 2.24) is 24.7 Å². The van der Waals surface area contributed by atoms with Crippen molar-refractivity contribution in [2.45, 2.75) is 33.2 Å². The molecule has 0 spiro atoms. The number of methoxy groups -OCH3 is 1. The Morgan fingerprint density at radius 1 is 1.16 bits per heavy atom. The number of nitrogens with zero attached hydrogens (tertiary/aromatic N) is 8. The fourth-order valence-electron chi connectivity index (χ4n) is 5.09. The maximum Gasteiger partial charge on any atom is 0.239 e. The Bertz CT molecular complexity index is 1910. The van der Waals surface area contributed by atoms with Crippen LogP contribution in [0.15, 0.2) is 45.1 Å². The second-order valence-electron chi connectivity index (χ2n) is 10.5. The Hall–Kier alpha value is -4.57. The number of halogens is 1. The Balaban J connectivity index is 1.56. The van der Waals surface area contributed by atoms with Crippen molar-refractivity contribution in [2.75, 3.05) is 40.2 Å². The van der Waals surface area contributed by atoms with Gasteiger partial charge in [-0.05, 0) is 61.6 Å². The van der Waals surface area contributed by atoms with Crippen LogP contribution in [-0.2, 0) is 23.5 Å². The van der Waals surface area contributed by atoms with Gasteiger partial charge >= 0.3 is 0 Å². The van der Waals surface area contributed by atoms with Gasteiger partial charge in [0.15, 0.2) is 0 Å². The van der Waals surface area contributed by atoms with Crippen LogP contribution in [0.4, 0.5) is 46.0 Å². The van der Waals surface area contributed by atoms with Gasteiger partial charge in [-0.3, -0.25) is 19.4 Å². The Morgan fingerprint density at radius 2 is 1.93 bits per heavy atom. The maximum absolute atomic E-state index is 12.3. The van der Waals surface area contributed by atoms with E-state index in [1.807, 2.05) is 24.0 Å². The van der Waals surface area contributed by atoms with Crippen molar-refractivity contribution >= 4 is 84.9 Å². The van der Waals surface area contributed by atoms with Crippen molar-refractivity contribution in [3.05, 3.63) is 40.8 Å². The highest BCUT2D eigenvalue weighted by atomic mass is 79.9. The molecule has 5 rings (SSSR count). The maximum atomic E-state index is 12.3. The molecular weight excluding hydrogens is 662 g/mol. The van der Waals surface area contributed by atoms with E-state index in [1.54, 1.807) is 38.6 Å². The van der Waals surface area contributed by atoms with Gasteiger partial charge in [-0.1, -0.05) is 0 Å². The topological polar surface area (TPSA) is 164 Å². The summed E-state index contributed by atoms with van der Waals surface area (Å²) in [7, 11) is -0.168. The Labute approximate surface area is 270 Å². The summed E-state index contributed by atoms with van der Waals surface area (Å²) in [6.45, 7) is 10.4. The largest absolute Gasteiger partial charge is 0.479 e. The highest BCUT2D eigenvalue weighted by Crippen LogP contribution is 2.44. The molecule has 14 nitrogen and oxygen atoms in total. The van der Waals surface area contributed by atoms with Crippen LogP contribution in [0.3, 0.4) is 0 Å². The van der Waals surface area contributed by atoms with Gasteiger partial charge < -0.3 is 20.3 Å². The number of anilines is 6. The number of hydrogen-bond acceptors (Lipinski definition) is 12. The normalized spacial score (nSPS) is 12.9. The van der Waals surface area contributed by atoms with E-state index >= 15 is 0 Å². The minimum absolute atomic E-state index is 0.194. The molecule has 0 saturated carbocycles. The molecular formula is C29H34BrN11O3S. The molecule has 0 atom stereocenters. The summed E-state index contributed by atoms with van der Waals surface area (Å²) in [4.78, 5) is 24.6. The van der Waals surface area contributed by atoms with Crippen molar-refractivity contribution in [3.63, 3.8) is 0 Å². The molecule has 45 heavy (non-hydrogen) atoms. The molecule has 4 heterocycles. The minimum Gasteiger partial charge on any atom is -0.479 e. The van der Waals surface area contributed by atoms with Crippen molar-refractivity contribution < 1.29 is 13.2 Å². The number of fused-ring (bicyclic) bond motifs is 3. The Morgan fingerprint density at radius 3 is 2.60 bits per heavy atom. The molecule has 0 bridgehead atoms. The molecule has 0 saturated heterocycles. The summed E-state index contributed by atoms with van der Waals surface area (Å²) in [6.07, 6.45) is 6.86. The van der Waals surface area contributed by atoms with Crippen molar-refractivity contribution in [2.24, 2.45) is 17.0 Å². The van der Waals surface area contributed by atoms with Crippen LogP contribution in [0.25, 0.3) is 11.1 Å². The van der Waals surface area contributed by atoms with E-state index in [0.29, 0.717) is 38.9 Å². The minimum atomic E-state index is -3.68. The van der Waals surface area contributed by atoms with Gasteiger partial charge in [-0.2, -0.15) is 15.1 Å². The number of hydrogen-bond donors (Lipinski definition) is 3. The lowest BCUT2D eigenvalue weighted by atomic mass is 10.1. The molecule has 0 aliphatic carbocycles. The number of nitrogens with one attached hydrogen (secondary N) is 3. The fraction of sp³-hybridized carbons (Fsp3) is 0.310. The third-order valence-corrected chi connectivity index (χ3v) is 8.27. The molecule has 4 aromatic rings. The number of ether oxygens (including phenoxy) is 1. The van der Waals surface area contributed by atoms with Crippen LogP contribution in [0.1, 0.15) is 26.5 Å². The first kappa shape index (κ1) is 31.8. The highest BCUT2D eigenvalue weighted by Gasteiger charge is 2.28. The van der Waals surface area contributed by atoms with Crippen LogP contribution in [0.2, 0.25) is 0 Å². The number of rotatable bonds is 10. The summed E-state index contributed by atoms with van der Waals surface area (Å²) < 4.78 is 35.3. The van der Waals surface area contributed by atoms with E-state index in [-0.39, 0.29) is 17.7 Å². The molecule has 1 aliphatic rings. The van der Waals surface area contributed by atoms with Crippen LogP contribution >= 0.6 is 15.9 Å². The van der Waals surface area contributed by atoms with Crippen molar-refractivity contribution in [3.8, 4) is 17.0 Å². The molecule has 3 aromatic heterocycles. The summed E-state index contributed by atoms with van der Waals surface area (Å²) in [6, 6.07) is 5.54. The molecule has 1 aliphatic heterocycles. The molecule has 3 N–H and O–H groups in total. The van der Waals surface area contributed by atoms with Gasteiger partial charge in [-0.25, -0.2) is 13.4 Å². The lowest BCUT2D eigenvalue weighted by Gasteiger charge is -2.28. The van der Waals surface area contributed by atoms with E-state index in [2.05, 4.69) is 81.8 Å². The number of benzene rings is 1. The first-order chi connectivity index (χ1) is 21.4. The summed E-state index contributed by atoms with van der Waals surface area (Å²) in [5.74, 6) is 1.79. The zero-order chi connectivity index (χ0) is 32.5. The monoisotopic (exact) mass is 695 g/mol. The Kier molecular flexibility index (Phi) is 9.06. The number of sulfonamides is 1. The van der Waals surface area contributed by atoms with E-state index in [4.69, 9.17) is 9.72 Å². The smallest absolute Gasteiger partial charge is 0.239 e. The summed E-state index contributed by atoms with van der Waals surface area (Å²) in [5, 5.41) is 11.0. The lowest BCUT2D eigenvalue weighted by molar-refractivity contribution is 0.400. The van der Waals surface area contributed by atoms with Crippen LogP contribution in [0.5, 0.6) is 5.88 Å². The predicted molar refractivity (Wildman–Crippen MR) is 183 cm³/mol.